The summed E-state index contributed by atoms with van der Waals surface area (Å²) in [6, 6.07) is 2.52. The van der Waals surface area contributed by atoms with Crippen molar-refractivity contribution in [3.63, 3.8) is 0 Å². The molecule has 2 aliphatic carbocycles. The number of fused-ring (bicyclic) bond motifs is 2. The van der Waals surface area contributed by atoms with E-state index in [0.717, 1.165) is 69.2 Å². The average molecular weight is 791 g/mol. The highest BCUT2D eigenvalue weighted by molar-refractivity contribution is 5.85. The Bertz CT molecular complexity index is 2310. The van der Waals surface area contributed by atoms with Crippen molar-refractivity contribution in [1.29, 1.82) is 0 Å². The summed E-state index contributed by atoms with van der Waals surface area (Å²) in [6.45, 7) is 11.8. The zero-order valence-electron chi connectivity index (χ0n) is 33.8. The van der Waals surface area contributed by atoms with Crippen LogP contribution >= 0.6 is 0 Å². The Kier molecular flexibility index (Phi) is 14.7. The van der Waals surface area contributed by atoms with Crippen LogP contribution in [0.25, 0.3) is 22.2 Å². The van der Waals surface area contributed by atoms with E-state index < -0.39 is 22.4 Å². The molecule has 2 aliphatic rings. The van der Waals surface area contributed by atoms with E-state index >= 15 is 0 Å². The summed E-state index contributed by atoms with van der Waals surface area (Å²) in [7, 11) is 0. The van der Waals surface area contributed by atoms with Gasteiger partial charge in [-0.15, -0.1) is 0 Å². The van der Waals surface area contributed by atoms with Crippen LogP contribution in [0.2, 0.25) is 0 Å². The Hall–Kier alpha value is -5.41. The molecule has 0 aliphatic heterocycles. The lowest BCUT2D eigenvalue weighted by atomic mass is 9.86. The number of nitrogens with one attached hydrogen (secondary N) is 2. The van der Waals surface area contributed by atoms with Crippen LogP contribution in [0, 0.1) is 11.8 Å². The Morgan fingerprint density at radius 2 is 1.32 bits per heavy atom. The fourth-order valence-corrected chi connectivity index (χ4v) is 6.74. The van der Waals surface area contributed by atoms with Gasteiger partial charge in [-0.2, -0.15) is 9.97 Å². The third kappa shape index (κ3) is 12.8. The van der Waals surface area contributed by atoms with Crippen molar-refractivity contribution in [3.8, 4) is 12.0 Å². The molecule has 2 N–H and O–H groups in total. The minimum absolute atomic E-state index is 0.00569. The normalized spacial score (nSPS) is 15.9. The summed E-state index contributed by atoms with van der Waals surface area (Å²) in [5.74, 6) is 0.526. The molecule has 0 amide bonds. The first-order chi connectivity index (χ1) is 27.2. The van der Waals surface area contributed by atoms with Gasteiger partial charge in [0.2, 0.25) is 11.4 Å². The number of hydrogen-bond acceptors (Lipinski definition) is 14. The van der Waals surface area contributed by atoms with Crippen LogP contribution in [-0.4, -0.2) is 42.9 Å². The number of oxime groups is 2. The van der Waals surface area contributed by atoms with Crippen molar-refractivity contribution >= 4 is 39.6 Å². The van der Waals surface area contributed by atoms with Crippen molar-refractivity contribution in [2.75, 3.05) is 0 Å². The van der Waals surface area contributed by atoms with Gasteiger partial charge in [0, 0.05) is 18.6 Å². The Balaban J connectivity index is 0.000000224. The number of carbonyl (C=O) groups is 1. The first kappa shape index (κ1) is 42.7. The number of esters is 1. The van der Waals surface area contributed by atoms with Crippen LogP contribution in [0.4, 0.5) is 0 Å². The number of hydrogen-bond donors (Lipinski definition) is 2. The molecular formula is C41H54N6O10. The second-order valence-electron chi connectivity index (χ2n) is 16.1. The summed E-state index contributed by atoms with van der Waals surface area (Å²) < 4.78 is 15.6. The van der Waals surface area contributed by atoms with Crippen molar-refractivity contribution in [3.05, 3.63) is 64.8 Å². The molecule has 2 fully saturated rings. The van der Waals surface area contributed by atoms with Crippen LogP contribution in [0.5, 0.6) is 12.0 Å². The lowest BCUT2D eigenvalue weighted by molar-refractivity contribution is -0.156. The molecule has 6 rings (SSSR count). The van der Waals surface area contributed by atoms with E-state index in [4.69, 9.17) is 23.2 Å². The molecule has 0 radical (unpaired) electrons. The standard InChI is InChI=1S/C23H31N3O6.C18H23N3O4/c1-5-6-7-15-13-17(27)30-21-19(15)20(29)24-22(25-21)32-26-16-10-8-14(9-11-16)12-18(28)31-23(2,3)4;1-11(2)8-9-12-10-14(22)24-17-15(12)16(23)19-18(20-17)25-21-13-6-4-3-5-7-13/h13-14H,5-12H2,1-4H3,(H,24,25,29);10-11H,3-9H2,1-2H3,(H,19,20,23). The third-order valence-electron chi connectivity index (χ3n) is 9.65. The number of aromatic amines is 2. The van der Waals surface area contributed by atoms with Gasteiger partial charge in [-0.3, -0.25) is 24.4 Å². The number of unbranched alkanes of at least 4 members (excludes halogenated alkanes) is 1. The van der Waals surface area contributed by atoms with E-state index in [-0.39, 0.29) is 46.3 Å². The highest BCUT2D eigenvalue weighted by atomic mass is 16.6. The van der Waals surface area contributed by atoms with Crippen LogP contribution in [-0.2, 0) is 22.4 Å². The third-order valence-corrected chi connectivity index (χ3v) is 9.65. The van der Waals surface area contributed by atoms with E-state index in [1.807, 2.05) is 27.7 Å². The molecule has 16 nitrogen and oxygen atoms in total. The van der Waals surface area contributed by atoms with E-state index in [0.29, 0.717) is 54.5 Å². The summed E-state index contributed by atoms with van der Waals surface area (Å²) in [5.41, 5.74) is 0.631. The molecule has 2 saturated carbocycles. The number of ether oxygens (including phenoxy) is 1. The molecule has 57 heavy (non-hydrogen) atoms. The monoisotopic (exact) mass is 790 g/mol. The molecule has 16 heteroatoms. The second kappa shape index (κ2) is 19.6. The minimum atomic E-state index is -0.553. The first-order valence-electron chi connectivity index (χ1n) is 20.0. The summed E-state index contributed by atoms with van der Waals surface area (Å²) in [5, 5.41) is 8.76. The molecule has 0 atom stereocenters. The van der Waals surface area contributed by atoms with Crippen LogP contribution < -0.4 is 32.0 Å². The smallest absolute Gasteiger partial charge is 0.337 e. The Labute approximate surface area is 329 Å². The predicted octanol–water partition coefficient (Wildman–Crippen LogP) is 7.04. The van der Waals surface area contributed by atoms with Crippen molar-refractivity contribution < 1.29 is 28.0 Å². The predicted molar refractivity (Wildman–Crippen MR) is 215 cm³/mol. The Morgan fingerprint density at radius 3 is 1.81 bits per heavy atom. The molecule has 308 valence electrons. The van der Waals surface area contributed by atoms with Gasteiger partial charge in [0.1, 0.15) is 16.4 Å². The molecule has 0 unspecified atom stereocenters. The molecule has 0 bridgehead atoms. The maximum Gasteiger partial charge on any atom is 0.337 e. The summed E-state index contributed by atoms with van der Waals surface area (Å²) in [4.78, 5) is 84.7. The summed E-state index contributed by atoms with van der Waals surface area (Å²) >= 11 is 0. The van der Waals surface area contributed by atoms with Crippen LogP contribution in [0.1, 0.15) is 136 Å². The van der Waals surface area contributed by atoms with Crippen LogP contribution in [0.3, 0.4) is 0 Å². The van der Waals surface area contributed by atoms with Crippen molar-refractivity contribution in [2.24, 2.45) is 22.1 Å². The molecule has 4 heterocycles. The highest BCUT2D eigenvalue weighted by Gasteiger charge is 2.24. The number of aromatic nitrogens is 4. The van der Waals surface area contributed by atoms with Gasteiger partial charge in [0.05, 0.1) is 11.4 Å². The van der Waals surface area contributed by atoms with E-state index in [1.54, 1.807) is 0 Å². The lowest BCUT2D eigenvalue weighted by Crippen LogP contribution is -2.26. The van der Waals surface area contributed by atoms with Gasteiger partial charge in [0.15, 0.2) is 0 Å². The average Bonchev–Trinajstić information content (AvgIpc) is 3.14. The number of rotatable bonds is 12. The molecule has 0 saturated heterocycles. The van der Waals surface area contributed by atoms with Crippen LogP contribution in [0.15, 0.2) is 50.5 Å². The maximum absolute atomic E-state index is 12.6. The van der Waals surface area contributed by atoms with Gasteiger partial charge in [-0.1, -0.05) is 43.9 Å². The van der Waals surface area contributed by atoms with Gasteiger partial charge in [-0.25, -0.2) is 9.59 Å². The molecule has 0 spiro atoms. The van der Waals surface area contributed by atoms with Crippen molar-refractivity contribution in [2.45, 2.75) is 143 Å². The van der Waals surface area contributed by atoms with Gasteiger partial charge in [-0.05, 0) is 121 Å². The lowest BCUT2D eigenvalue weighted by Gasteiger charge is -2.24. The first-order valence-corrected chi connectivity index (χ1v) is 20.0. The van der Waals surface area contributed by atoms with Gasteiger partial charge < -0.3 is 23.2 Å². The zero-order chi connectivity index (χ0) is 41.1. The molecular weight excluding hydrogens is 736 g/mol. The fourth-order valence-electron chi connectivity index (χ4n) is 6.74. The second-order valence-corrected chi connectivity index (χ2v) is 16.1. The van der Waals surface area contributed by atoms with E-state index in [1.165, 1.54) is 18.6 Å². The maximum atomic E-state index is 12.6. The zero-order valence-corrected chi connectivity index (χ0v) is 33.8. The fraction of sp³-hybridized carbons (Fsp3) is 0.585. The topological polar surface area (TPSA) is 221 Å². The number of nitrogens with zero attached hydrogens (tertiary/aromatic N) is 4. The van der Waals surface area contributed by atoms with Gasteiger partial charge in [0.25, 0.3) is 11.1 Å². The molecule has 4 aromatic rings. The highest BCUT2D eigenvalue weighted by Crippen LogP contribution is 2.27. The SMILES string of the molecule is CC(C)CCc1cc(=O)oc2nc(ON=C3CCCCC3)[nH]c(=O)c12.CCCCc1cc(=O)oc2nc(ON=C3CCC(CC(=O)OC(C)(C)C)CC3)[nH]c(=O)c12. The largest absolute Gasteiger partial charge is 0.460 e. The quantitative estimate of drug-likeness (QED) is 0.109. The molecule has 0 aromatic carbocycles. The summed E-state index contributed by atoms with van der Waals surface area (Å²) in [6.07, 6.45) is 12.4. The number of aryl methyl sites for hydroxylation is 2. The Morgan fingerprint density at radius 1 is 0.807 bits per heavy atom. The minimum Gasteiger partial charge on any atom is -0.460 e. The number of H-pyrrole nitrogens is 2. The molecule has 4 aromatic heterocycles. The van der Waals surface area contributed by atoms with Crippen molar-refractivity contribution in [1.82, 2.24) is 19.9 Å². The van der Waals surface area contributed by atoms with E-state index in [2.05, 4.69) is 44.1 Å². The number of carbonyl (C=O) groups excluding carboxylic acids is 1. The van der Waals surface area contributed by atoms with Gasteiger partial charge >= 0.3 is 29.2 Å². The van der Waals surface area contributed by atoms with E-state index in [9.17, 15) is 24.0 Å².